The second-order valence-electron chi connectivity index (χ2n) is 5.63. The third-order valence-electron chi connectivity index (χ3n) is 3.60. The van der Waals surface area contributed by atoms with E-state index in [2.05, 4.69) is 0 Å². The summed E-state index contributed by atoms with van der Waals surface area (Å²) in [6, 6.07) is 24.9. The van der Waals surface area contributed by atoms with Crippen LogP contribution in [0.4, 0.5) is 0 Å². The smallest absolute Gasteiger partial charge is 0.408 e. The van der Waals surface area contributed by atoms with Crippen molar-refractivity contribution in [3.63, 3.8) is 0 Å². The van der Waals surface area contributed by atoms with Crippen LogP contribution in [0.15, 0.2) is 77.7 Å². The molecular weight excluding hydrogens is 405 g/mol. The van der Waals surface area contributed by atoms with Gasteiger partial charge in [-0.05, 0) is 72.8 Å². The van der Waals surface area contributed by atoms with Gasteiger partial charge in [0.05, 0.1) is 34.9 Å². The summed E-state index contributed by atoms with van der Waals surface area (Å²) in [4.78, 5) is 0.592. The standard InChI is InChI=1S/C21H12N3O3PS/c22-13-16-1-7-19(8-2-16)26-28(25,27-20-9-3-17(14-23)4-10-20)29-21-11-5-18(15-24)6-12-21/h1-12H. The minimum atomic E-state index is -3.79. The summed E-state index contributed by atoms with van der Waals surface area (Å²) >= 11 is 0.891. The average Bonchev–Trinajstić information content (AvgIpc) is 2.75. The highest BCUT2D eigenvalue weighted by Gasteiger charge is 2.31. The highest BCUT2D eigenvalue weighted by molar-refractivity contribution is 8.55. The van der Waals surface area contributed by atoms with Crippen LogP contribution in [0, 0.1) is 34.0 Å². The van der Waals surface area contributed by atoms with Crippen molar-refractivity contribution in [2.45, 2.75) is 4.90 Å². The molecule has 0 aliphatic rings. The molecule has 0 radical (unpaired) electrons. The SMILES string of the molecule is N#Cc1ccc(OP(=O)(Oc2ccc(C#N)cc2)Sc2ccc(C#N)cc2)cc1. The summed E-state index contributed by atoms with van der Waals surface area (Å²) < 4.78 is 24.9. The second-order valence-corrected chi connectivity index (χ2v) is 9.43. The molecule has 0 bridgehead atoms. The van der Waals surface area contributed by atoms with Gasteiger partial charge in [0.1, 0.15) is 11.5 Å². The van der Waals surface area contributed by atoms with E-state index in [1.165, 1.54) is 24.3 Å². The van der Waals surface area contributed by atoms with Gasteiger partial charge in [-0.25, -0.2) is 4.57 Å². The van der Waals surface area contributed by atoms with Gasteiger partial charge in [0.2, 0.25) is 0 Å². The van der Waals surface area contributed by atoms with Crippen LogP contribution in [-0.4, -0.2) is 0 Å². The molecule has 0 saturated heterocycles. The van der Waals surface area contributed by atoms with Crippen LogP contribution in [0.1, 0.15) is 16.7 Å². The molecule has 3 aromatic rings. The van der Waals surface area contributed by atoms with Crippen LogP contribution in [0.25, 0.3) is 0 Å². The molecule has 0 atom stereocenters. The van der Waals surface area contributed by atoms with Gasteiger partial charge >= 0.3 is 6.80 Å². The Morgan fingerprint density at radius 1 is 0.621 bits per heavy atom. The zero-order chi connectivity index (χ0) is 20.7. The first-order valence-electron chi connectivity index (χ1n) is 8.23. The zero-order valence-electron chi connectivity index (χ0n) is 14.9. The topological polar surface area (TPSA) is 107 Å². The van der Waals surface area contributed by atoms with Crippen molar-refractivity contribution in [2.75, 3.05) is 0 Å². The maximum Gasteiger partial charge on any atom is 0.497 e. The molecule has 6 nitrogen and oxygen atoms in total. The number of hydrogen-bond donors (Lipinski definition) is 0. The van der Waals surface area contributed by atoms with E-state index >= 15 is 0 Å². The molecule has 0 unspecified atom stereocenters. The van der Waals surface area contributed by atoms with Crippen LogP contribution in [0.3, 0.4) is 0 Å². The fourth-order valence-electron chi connectivity index (χ4n) is 2.21. The quantitative estimate of drug-likeness (QED) is 0.476. The van der Waals surface area contributed by atoms with Gasteiger partial charge < -0.3 is 9.05 Å². The van der Waals surface area contributed by atoms with Crippen molar-refractivity contribution in [2.24, 2.45) is 0 Å². The van der Waals surface area contributed by atoms with Gasteiger partial charge in [0, 0.05) is 16.3 Å². The third kappa shape index (κ3) is 5.41. The molecule has 29 heavy (non-hydrogen) atoms. The highest BCUT2D eigenvalue weighted by atomic mass is 32.7. The lowest BCUT2D eigenvalue weighted by molar-refractivity contribution is 0.408. The molecule has 3 aromatic carbocycles. The van der Waals surface area contributed by atoms with E-state index in [0.29, 0.717) is 21.6 Å². The van der Waals surface area contributed by atoms with E-state index in [4.69, 9.17) is 24.8 Å². The van der Waals surface area contributed by atoms with Gasteiger partial charge in [-0.15, -0.1) is 0 Å². The Balaban J connectivity index is 1.89. The predicted molar refractivity (Wildman–Crippen MR) is 108 cm³/mol. The maximum atomic E-state index is 13.5. The molecule has 0 fully saturated rings. The molecule has 0 spiro atoms. The normalized spacial score (nSPS) is 10.2. The molecule has 8 heteroatoms. The Morgan fingerprint density at radius 2 is 0.966 bits per heavy atom. The number of rotatable bonds is 6. The molecule has 0 aliphatic heterocycles. The summed E-state index contributed by atoms with van der Waals surface area (Å²) in [7, 11) is 0. The Morgan fingerprint density at radius 3 is 1.31 bits per heavy atom. The van der Waals surface area contributed by atoms with Crippen molar-refractivity contribution >= 4 is 18.2 Å². The van der Waals surface area contributed by atoms with Gasteiger partial charge in [0.15, 0.2) is 0 Å². The average molecular weight is 417 g/mol. The van der Waals surface area contributed by atoms with Crippen LogP contribution < -0.4 is 9.05 Å². The second kappa shape index (κ2) is 9.00. The lowest BCUT2D eigenvalue weighted by Crippen LogP contribution is -1.98. The third-order valence-corrected chi connectivity index (χ3v) is 6.93. The summed E-state index contributed by atoms with van der Waals surface area (Å²) in [6.07, 6.45) is 0. The van der Waals surface area contributed by atoms with Crippen LogP contribution in [0.2, 0.25) is 0 Å². The minimum absolute atomic E-state index is 0.280. The van der Waals surface area contributed by atoms with Gasteiger partial charge in [-0.2, -0.15) is 15.8 Å². The van der Waals surface area contributed by atoms with Crippen molar-refractivity contribution in [3.8, 4) is 29.7 Å². The monoisotopic (exact) mass is 417 g/mol. The summed E-state index contributed by atoms with van der Waals surface area (Å²) in [5.41, 5.74) is 1.37. The first-order chi connectivity index (χ1) is 14.0. The van der Waals surface area contributed by atoms with E-state index in [0.717, 1.165) is 11.4 Å². The zero-order valence-corrected chi connectivity index (χ0v) is 16.6. The van der Waals surface area contributed by atoms with Crippen molar-refractivity contribution in [3.05, 3.63) is 89.5 Å². The van der Waals surface area contributed by atoms with E-state index in [1.807, 2.05) is 18.2 Å². The highest BCUT2D eigenvalue weighted by Crippen LogP contribution is 2.62. The molecule has 3 rings (SSSR count). The molecule has 0 aromatic heterocycles. The fourth-order valence-corrected chi connectivity index (χ4v) is 5.48. The summed E-state index contributed by atoms with van der Waals surface area (Å²) in [6.45, 7) is -3.79. The number of benzene rings is 3. The van der Waals surface area contributed by atoms with E-state index < -0.39 is 6.80 Å². The van der Waals surface area contributed by atoms with E-state index in [1.54, 1.807) is 48.5 Å². The minimum Gasteiger partial charge on any atom is -0.408 e. The number of nitrogens with zero attached hydrogens (tertiary/aromatic N) is 3. The van der Waals surface area contributed by atoms with Crippen LogP contribution in [-0.2, 0) is 4.57 Å². The molecule has 0 amide bonds. The lowest BCUT2D eigenvalue weighted by atomic mass is 10.2. The first-order valence-corrected chi connectivity index (χ1v) is 11.2. The first kappa shape index (κ1) is 20.1. The lowest BCUT2D eigenvalue weighted by Gasteiger charge is -2.19. The Labute approximate surface area is 171 Å². The Bertz CT molecular complexity index is 1020. The van der Waals surface area contributed by atoms with Crippen LogP contribution in [0.5, 0.6) is 11.5 Å². The van der Waals surface area contributed by atoms with Gasteiger partial charge in [0.25, 0.3) is 0 Å². The van der Waals surface area contributed by atoms with Gasteiger partial charge in [-0.3, -0.25) is 0 Å². The molecule has 0 aliphatic carbocycles. The molecule has 0 heterocycles. The Hall–Kier alpha value is -3.69. The van der Waals surface area contributed by atoms with E-state index in [-0.39, 0.29) is 11.5 Å². The van der Waals surface area contributed by atoms with Crippen molar-refractivity contribution < 1.29 is 13.6 Å². The van der Waals surface area contributed by atoms with Crippen LogP contribution >= 0.6 is 18.2 Å². The summed E-state index contributed by atoms with van der Waals surface area (Å²) in [5, 5.41) is 26.8. The predicted octanol–water partition coefficient (Wildman–Crippen LogP) is 5.66. The maximum absolute atomic E-state index is 13.5. The van der Waals surface area contributed by atoms with Gasteiger partial charge in [-0.1, -0.05) is 0 Å². The largest absolute Gasteiger partial charge is 0.497 e. The number of nitriles is 3. The van der Waals surface area contributed by atoms with Crippen molar-refractivity contribution in [1.29, 1.82) is 15.8 Å². The molecule has 0 N–H and O–H groups in total. The Kier molecular flexibility index (Phi) is 6.22. The number of hydrogen-bond acceptors (Lipinski definition) is 7. The molecular formula is C21H12N3O3PS. The van der Waals surface area contributed by atoms with Crippen molar-refractivity contribution in [1.82, 2.24) is 0 Å². The fraction of sp³-hybridized carbons (Fsp3) is 0. The van der Waals surface area contributed by atoms with E-state index in [9.17, 15) is 4.57 Å². The summed E-state index contributed by atoms with van der Waals surface area (Å²) in [5.74, 6) is 0.559. The molecule has 0 saturated carbocycles. The molecule has 140 valence electrons.